The lowest BCUT2D eigenvalue weighted by Crippen LogP contribution is -2.48. The molecule has 0 radical (unpaired) electrons. The number of nitrogens with zero attached hydrogens (tertiary/aromatic N) is 1. The number of nitrogens with one attached hydrogen (secondary N) is 1. The van der Waals surface area contributed by atoms with Crippen LogP contribution in [0.3, 0.4) is 0 Å². The van der Waals surface area contributed by atoms with Gasteiger partial charge in [-0.2, -0.15) is 0 Å². The van der Waals surface area contributed by atoms with Gasteiger partial charge in [0.15, 0.2) is 11.5 Å². The maximum Gasteiger partial charge on any atom is 0.273 e. The van der Waals surface area contributed by atoms with Crippen molar-refractivity contribution in [3.8, 4) is 0 Å². The van der Waals surface area contributed by atoms with Crippen molar-refractivity contribution in [2.24, 2.45) is 0 Å². The highest BCUT2D eigenvalue weighted by Gasteiger charge is 2.60. The second kappa shape index (κ2) is 3.72. The van der Waals surface area contributed by atoms with Crippen molar-refractivity contribution in [1.29, 1.82) is 0 Å². The number of carbonyl (C=O) groups is 1. The number of carbonyl (C=O) groups excluding carboxylic acids is 1. The summed E-state index contributed by atoms with van der Waals surface area (Å²) < 4.78 is 39.6. The predicted octanol–water partition coefficient (Wildman–Crippen LogP) is 2.14. The van der Waals surface area contributed by atoms with Gasteiger partial charge in [-0.25, -0.2) is 18.2 Å². The number of aromatic nitrogens is 1. The van der Waals surface area contributed by atoms with Crippen LogP contribution in [0, 0.1) is 5.82 Å². The number of amides is 1. The number of pyridine rings is 1. The maximum atomic E-state index is 13.2. The van der Waals surface area contributed by atoms with E-state index in [4.69, 9.17) is 0 Å². The Morgan fingerprint density at radius 2 is 2.18 bits per heavy atom. The average molecular weight is 244 g/mol. The van der Waals surface area contributed by atoms with E-state index in [1.165, 1.54) is 12.3 Å². The van der Waals surface area contributed by atoms with E-state index < -0.39 is 28.9 Å². The summed E-state index contributed by atoms with van der Waals surface area (Å²) in [5.41, 5.74) is -1.99. The van der Waals surface area contributed by atoms with E-state index in [1.807, 2.05) is 0 Å². The molecule has 1 N–H and O–H groups in total. The Kier molecular flexibility index (Phi) is 2.60. The smallest absolute Gasteiger partial charge is 0.273 e. The van der Waals surface area contributed by atoms with Crippen LogP contribution in [-0.2, 0) is 0 Å². The Morgan fingerprint density at radius 1 is 1.53 bits per heavy atom. The van der Waals surface area contributed by atoms with Crippen LogP contribution in [0.2, 0.25) is 0 Å². The quantitative estimate of drug-likeness (QED) is 0.885. The summed E-state index contributed by atoms with van der Waals surface area (Å²) in [4.78, 5) is 15.2. The third-order valence-corrected chi connectivity index (χ3v) is 2.92. The van der Waals surface area contributed by atoms with Crippen molar-refractivity contribution in [3.63, 3.8) is 0 Å². The third kappa shape index (κ3) is 2.11. The fraction of sp³-hybridized carbons (Fsp3) is 0.455. The molecular formula is C11H11F3N2O. The molecule has 1 amide bonds. The van der Waals surface area contributed by atoms with Crippen LogP contribution in [0.25, 0.3) is 0 Å². The molecule has 0 spiro atoms. The van der Waals surface area contributed by atoms with Gasteiger partial charge < -0.3 is 5.32 Å². The Balaban J connectivity index is 2.16. The topological polar surface area (TPSA) is 42.0 Å². The second-order valence-corrected chi connectivity index (χ2v) is 4.26. The Labute approximate surface area is 96.0 Å². The van der Waals surface area contributed by atoms with Crippen LogP contribution in [-0.4, -0.2) is 22.4 Å². The fourth-order valence-electron chi connectivity index (χ4n) is 1.63. The van der Waals surface area contributed by atoms with Crippen molar-refractivity contribution in [3.05, 3.63) is 29.8 Å². The zero-order valence-corrected chi connectivity index (χ0v) is 9.14. The van der Waals surface area contributed by atoms with Gasteiger partial charge >= 0.3 is 0 Å². The van der Waals surface area contributed by atoms with E-state index >= 15 is 0 Å². The third-order valence-electron chi connectivity index (χ3n) is 2.92. The molecule has 0 unspecified atom stereocenters. The lowest BCUT2D eigenvalue weighted by atomic mass is 10.1. The van der Waals surface area contributed by atoms with E-state index in [-0.39, 0.29) is 12.8 Å². The first-order chi connectivity index (χ1) is 7.86. The van der Waals surface area contributed by atoms with Crippen molar-refractivity contribution in [2.75, 3.05) is 0 Å². The molecule has 0 atom stereocenters. The van der Waals surface area contributed by atoms with E-state index in [0.717, 1.165) is 13.0 Å². The van der Waals surface area contributed by atoms with E-state index in [9.17, 15) is 18.0 Å². The molecule has 0 bridgehead atoms. The van der Waals surface area contributed by atoms with Crippen molar-refractivity contribution in [2.45, 2.75) is 31.2 Å². The molecule has 1 saturated carbocycles. The molecule has 6 heteroatoms. The summed E-state index contributed by atoms with van der Waals surface area (Å²) in [5, 5.41) is 2.17. The summed E-state index contributed by atoms with van der Waals surface area (Å²) in [6.07, 6.45) is 1.62. The molecule has 1 aliphatic rings. The van der Waals surface area contributed by atoms with Gasteiger partial charge in [-0.15, -0.1) is 0 Å². The molecular weight excluding hydrogens is 233 g/mol. The van der Waals surface area contributed by atoms with E-state index in [0.29, 0.717) is 0 Å². The molecule has 1 aromatic heterocycles. The van der Waals surface area contributed by atoms with Gasteiger partial charge in [0, 0.05) is 13.1 Å². The maximum absolute atomic E-state index is 13.2. The number of hydrogen-bond donors (Lipinski definition) is 1. The van der Waals surface area contributed by atoms with Gasteiger partial charge in [-0.1, -0.05) is 0 Å². The van der Waals surface area contributed by atoms with Crippen LogP contribution in [0.15, 0.2) is 18.3 Å². The standard InChI is InChI=1S/C11H11F3N2O/c1-10(13,14)11(4-5-11)16-9(17)8-7(12)3-2-6-15-8/h2-3,6H,4-5H2,1H3,(H,16,17). The van der Waals surface area contributed by atoms with E-state index in [1.54, 1.807) is 0 Å². The van der Waals surface area contributed by atoms with Gasteiger partial charge in [0.25, 0.3) is 11.8 Å². The van der Waals surface area contributed by atoms with Crippen LogP contribution < -0.4 is 5.32 Å². The van der Waals surface area contributed by atoms with Crippen LogP contribution in [0.1, 0.15) is 30.3 Å². The summed E-state index contributed by atoms with van der Waals surface area (Å²) >= 11 is 0. The number of hydrogen-bond acceptors (Lipinski definition) is 2. The summed E-state index contributed by atoms with van der Waals surface area (Å²) in [5.74, 6) is -4.74. The van der Waals surface area contributed by atoms with Gasteiger partial charge in [-0.3, -0.25) is 4.79 Å². The number of halogens is 3. The highest BCUT2D eigenvalue weighted by Crippen LogP contribution is 2.47. The van der Waals surface area contributed by atoms with Gasteiger partial charge in [0.1, 0.15) is 5.54 Å². The highest BCUT2D eigenvalue weighted by molar-refractivity contribution is 5.93. The Hall–Kier alpha value is -1.59. The second-order valence-electron chi connectivity index (χ2n) is 4.26. The minimum Gasteiger partial charge on any atom is -0.339 e. The van der Waals surface area contributed by atoms with Crippen LogP contribution in [0.4, 0.5) is 13.2 Å². The molecule has 3 nitrogen and oxygen atoms in total. The number of alkyl halides is 2. The largest absolute Gasteiger partial charge is 0.339 e. The van der Waals surface area contributed by atoms with E-state index in [2.05, 4.69) is 10.3 Å². The van der Waals surface area contributed by atoms with Crippen LogP contribution >= 0.6 is 0 Å². The zero-order chi connectivity index (χ0) is 12.7. The normalized spacial score (nSPS) is 17.6. The molecule has 2 rings (SSSR count). The zero-order valence-electron chi connectivity index (χ0n) is 9.14. The molecule has 0 aromatic carbocycles. The molecule has 0 saturated heterocycles. The van der Waals surface area contributed by atoms with Crippen molar-refractivity contribution < 1.29 is 18.0 Å². The lowest BCUT2D eigenvalue weighted by molar-refractivity contribution is -0.0282. The summed E-state index contributed by atoms with van der Waals surface area (Å²) in [6.45, 7) is 0.745. The molecule has 17 heavy (non-hydrogen) atoms. The Bertz CT molecular complexity index is 452. The molecule has 1 aromatic rings. The first-order valence-electron chi connectivity index (χ1n) is 5.17. The summed E-state index contributed by atoms with van der Waals surface area (Å²) in [6, 6.07) is 2.39. The number of rotatable bonds is 3. The monoisotopic (exact) mass is 244 g/mol. The van der Waals surface area contributed by atoms with Gasteiger partial charge in [-0.05, 0) is 25.0 Å². The summed E-state index contributed by atoms with van der Waals surface area (Å²) in [7, 11) is 0. The lowest BCUT2D eigenvalue weighted by Gasteiger charge is -2.24. The van der Waals surface area contributed by atoms with Crippen LogP contribution in [0.5, 0.6) is 0 Å². The minimum atomic E-state index is -3.02. The fourth-order valence-corrected chi connectivity index (χ4v) is 1.63. The predicted molar refractivity (Wildman–Crippen MR) is 54.2 cm³/mol. The minimum absolute atomic E-state index is 0.191. The molecule has 1 fully saturated rings. The first-order valence-corrected chi connectivity index (χ1v) is 5.17. The molecule has 0 aliphatic heterocycles. The molecule has 92 valence electrons. The van der Waals surface area contributed by atoms with Crippen molar-refractivity contribution in [1.82, 2.24) is 10.3 Å². The first kappa shape index (κ1) is 11.9. The molecule has 1 heterocycles. The van der Waals surface area contributed by atoms with Gasteiger partial charge in [0.05, 0.1) is 0 Å². The van der Waals surface area contributed by atoms with Crippen molar-refractivity contribution >= 4 is 5.91 Å². The SMILES string of the molecule is CC(F)(F)C1(NC(=O)c2ncccc2F)CC1. The average Bonchev–Trinajstić information content (AvgIpc) is 2.98. The highest BCUT2D eigenvalue weighted by atomic mass is 19.3. The Morgan fingerprint density at radius 3 is 2.65 bits per heavy atom. The molecule has 1 aliphatic carbocycles. The van der Waals surface area contributed by atoms with Gasteiger partial charge in [0.2, 0.25) is 0 Å².